The molecule has 0 saturated carbocycles. The zero-order valence-corrected chi connectivity index (χ0v) is 16.9. The fraction of sp³-hybridized carbons (Fsp3) is 0.304. The molecule has 5 nitrogen and oxygen atoms in total. The van der Waals surface area contributed by atoms with Crippen LogP contribution in [0.2, 0.25) is 5.02 Å². The van der Waals surface area contributed by atoms with Crippen molar-refractivity contribution < 1.29 is 9.21 Å². The molecule has 1 saturated heterocycles. The standard InChI is InChI=1S/C23H24ClN3O2/c24-20-9-5-4-8-19(20)21-14-25-23(29-21)11-10-22(28)26-18-12-13-27(16-18)15-17-6-2-1-3-7-17/h1-9,14,18H,10-13,15-16H2,(H,26,28)/t18-/m0/s1. The molecule has 0 unspecified atom stereocenters. The molecule has 3 aromatic rings. The maximum atomic E-state index is 12.3. The third kappa shape index (κ3) is 5.25. The van der Waals surface area contributed by atoms with Crippen LogP contribution >= 0.6 is 11.6 Å². The van der Waals surface area contributed by atoms with Gasteiger partial charge in [0, 0.05) is 44.1 Å². The molecule has 0 aliphatic carbocycles. The molecule has 2 heterocycles. The average molecular weight is 410 g/mol. The molecule has 1 aliphatic rings. The minimum atomic E-state index is 0.0362. The van der Waals surface area contributed by atoms with Crippen LogP contribution in [0.5, 0.6) is 0 Å². The van der Waals surface area contributed by atoms with Gasteiger partial charge in [-0.1, -0.05) is 54.1 Å². The Bertz CT molecular complexity index is 958. The normalized spacial score (nSPS) is 16.8. The molecule has 150 valence electrons. The predicted molar refractivity (Wildman–Crippen MR) is 114 cm³/mol. The number of aryl methyl sites for hydroxylation is 1. The van der Waals surface area contributed by atoms with E-state index in [9.17, 15) is 4.79 Å². The molecule has 29 heavy (non-hydrogen) atoms. The summed E-state index contributed by atoms with van der Waals surface area (Å²) < 4.78 is 5.77. The minimum Gasteiger partial charge on any atom is -0.441 e. The van der Waals surface area contributed by atoms with E-state index in [4.69, 9.17) is 16.0 Å². The molecule has 1 amide bonds. The van der Waals surface area contributed by atoms with Crippen LogP contribution < -0.4 is 5.32 Å². The molecule has 6 heteroatoms. The maximum Gasteiger partial charge on any atom is 0.220 e. The molecule has 4 rings (SSSR count). The highest BCUT2D eigenvalue weighted by molar-refractivity contribution is 6.33. The Hall–Kier alpha value is -2.63. The Kier molecular flexibility index (Phi) is 6.27. The summed E-state index contributed by atoms with van der Waals surface area (Å²) in [5, 5.41) is 3.76. The van der Waals surface area contributed by atoms with E-state index in [1.54, 1.807) is 6.20 Å². The summed E-state index contributed by atoms with van der Waals surface area (Å²) in [6.45, 7) is 2.81. The number of carbonyl (C=O) groups is 1. The van der Waals surface area contributed by atoms with Gasteiger partial charge in [-0.25, -0.2) is 4.98 Å². The summed E-state index contributed by atoms with van der Waals surface area (Å²) in [6, 6.07) is 18.1. The van der Waals surface area contributed by atoms with Crippen LogP contribution in [-0.4, -0.2) is 34.9 Å². The maximum absolute atomic E-state index is 12.3. The zero-order valence-electron chi connectivity index (χ0n) is 16.2. The highest BCUT2D eigenvalue weighted by atomic mass is 35.5. The lowest BCUT2D eigenvalue weighted by atomic mass is 10.2. The van der Waals surface area contributed by atoms with E-state index in [1.807, 2.05) is 30.3 Å². The topological polar surface area (TPSA) is 58.4 Å². The van der Waals surface area contributed by atoms with E-state index in [2.05, 4.69) is 39.5 Å². The molecule has 0 spiro atoms. The number of oxazole rings is 1. The van der Waals surface area contributed by atoms with Crippen molar-refractivity contribution in [2.24, 2.45) is 0 Å². The molecule has 1 N–H and O–H groups in total. The van der Waals surface area contributed by atoms with Crippen molar-refractivity contribution in [2.45, 2.75) is 31.8 Å². The van der Waals surface area contributed by atoms with Crippen molar-refractivity contribution in [2.75, 3.05) is 13.1 Å². The van der Waals surface area contributed by atoms with E-state index in [0.29, 0.717) is 29.5 Å². The molecule has 1 fully saturated rings. The first-order valence-electron chi connectivity index (χ1n) is 9.92. The number of amides is 1. The van der Waals surface area contributed by atoms with E-state index >= 15 is 0 Å². The second-order valence-corrected chi connectivity index (χ2v) is 7.78. The van der Waals surface area contributed by atoms with Gasteiger partial charge >= 0.3 is 0 Å². The third-order valence-electron chi connectivity index (χ3n) is 5.15. The summed E-state index contributed by atoms with van der Waals surface area (Å²) in [7, 11) is 0. The lowest BCUT2D eigenvalue weighted by Gasteiger charge is -2.16. The van der Waals surface area contributed by atoms with Crippen molar-refractivity contribution in [3.63, 3.8) is 0 Å². The van der Waals surface area contributed by atoms with Gasteiger partial charge in [-0.2, -0.15) is 0 Å². The van der Waals surface area contributed by atoms with Gasteiger partial charge in [0.05, 0.1) is 11.2 Å². The molecule has 0 radical (unpaired) electrons. The van der Waals surface area contributed by atoms with Gasteiger partial charge < -0.3 is 9.73 Å². The number of halogens is 1. The Morgan fingerprint density at radius 2 is 1.97 bits per heavy atom. The van der Waals surface area contributed by atoms with Gasteiger partial charge in [-0.15, -0.1) is 0 Å². The molecule has 1 atom stereocenters. The summed E-state index contributed by atoms with van der Waals surface area (Å²) >= 11 is 6.20. The van der Waals surface area contributed by atoms with Crippen molar-refractivity contribution in [1.29, 1.82) is 0 Å². The van der Waals surface area contributed by atoms with Gasteiger partial charge in [0.2, 0.25) is 5.91 Å². The second-order valence-electron chi connectivity index (χ2n) is 7.37. The SMILES string of the molecule is O=C(CCc1ncc(-c2ccccc2Cl)o1)N[C@H]1CCN(Cc2ccccc2)C1. The predicted octanol–water partition coefficient (Wildman–Crippen LogP) is 4.32. The van der Waals surface area contributed by atoms with E-state index in [1.165, 1.54) is 5.56 Å². The lowest BCUT2D eigenvalue weighted by Crippen LogP contribution is -2.37. The Balaban J connectivity index is 1.23. The molecule has 0 bridgehead atoms. The van der Waals surface area contributed by atoms with E-state index in [0.717, 1.165) is 31.6 Å². The van der Waals surface area contributed by atoms with Crippen LogP contribution in [0.1, 0.15) is 24.3 Å². The fourth-order valence-electron chi connectivity index (χ4n) is 3.67. The van der Waals surface area contributed by atoms with Crippen molar-refractivity contribution in [3.8, 4) is 11.3 Å². The zero-order chi connectivity index (χ0) is 20.1. The summed E-state index contributed by atoms with van der Waals surface area (Å²) in [6.07, 6.45) is 3.47. The van der Waals surface area contributed by atoms with Crippen molar-refractivity contribution in [3.05, 3.63) is 77.3 Å². The van der Waals surface area contributed by atoms with Crippen LogP contribution in [0.4, 0.5) is 0 Å². The number of carbonyl (C=O) groups excluding carboxylic acids is 1. The number of hydrogen-bond acceptors (Lipinski definition) is 4. The average Bonchev–Trinajstić information content (AvgIpc) is 3.37. The summed E-state index contributed by atoms with van der Waals surface area (Å²) in [5.41, 5.74) is 2.11. The Labute approximate surface area is 175 Å². The minimum absolute atomic E-state index is 0.0362. The highest BCUT2D eigenvalue weighted by Crippen LogP contribution is 2.28. The number of hydrogen-bond donors (Lipinski definition) is 1. The van der Waals surface area contributed by atoms with E-state index < -0.39 is 0 Å². The Morgan fingerprint density at radius 1 is 1.17 bits per heavy atom. The fourth-order valence-corrected chi connectivity index (χ4v) is 3.90. The number of likely N-dealkylation sites (tertiary alicyclic amines) is 1. The van der Waals surface area contributed by atoms with Crippen LogP contribution in [0.3, 0.4) is 0 Å². The quantitative estimate of drug-likeness (QED) is 0.631. The number of benzene rings is 2. The number of nitrogens with one attached hydrogen (secondary N) is 1. The monoisotopic (exact) mass is 409 g/mol. The van der Waals surface area contributed by atoms with Crippen LogP contribution in [0.25, 0.3) is 11.3 Å². The van der Waals surface area contributed by atoms with E-state index in [-0.39, 0.29) is 11.9 Å². The summed E-state index contributed by atoms with van der Waals surface area (Å²) in [5.74, 6) is 1.21. The molecule has 2 aromatic carbocycles. The van der Waals surface area contributed by atoms with Gasteiger partial charge in [0.15, 0.2) is 11.7 Å². The number of rotatable bonds is 7. The third-order valence-corrected chi connectivity index (χ3v) is 5.47. The molecule has 1 aromatic heterocycles. The molecular formula is C23H24ClN3O2. The first-order valence-corrected chi connectivity index (χ1v) is 10.3. The highest BCUT2D eigenvalue weighted by Gasteiger charge is 2.23. The van der Waals surface area contributed by atoms with Gasteiger partial charge in [0.1, 0.15) is 0 Å². The van der Waals surface area contributed by atoms with Crippen molar-refractivity contribution >= 4 is 17.5 Å². The summed E-state index contributed by atoms with van der Waals surface area (Å²) in [4.78, 5) is 19.0. The molecular weight excluding hydrogens is 386 g/mol. The van der Waals surface area contributed by atoms with Gasteiger partial charge in [0.25, 0.3) is 0 Å². The van der Waals surface area contributed by atoms with Crippen LogP contribution in [0, 0.1) is 0 Å². The smallest absolute Gasteiger partial charge is 0.220 e. The second kappa shape index (κ2) is 9.25. The lowest BCUT2D eigenvalue weighted by molar-refractivity contribution is -0.121. The van der Waals surface area contributed by atoms with Gasteiger partial charge in [-0.3, -0.25) is 9.69 Å². The van der Waals surface area contributed by atoms with Crippen molar-refractivity contribution in [1.82, 2.24) is 15.2 Å². The number of nitrogens with zero attached hydrogens (tertiary/aromatic N) is 2. The first kappa shape index (κ1) is 19.7. The first-order chi connectivity index (χ1) is 14.2. The van der Waals surface area contributed by atoms with Crippen LogP contribution in [-0.2, 0) is 17.8 Å². The van der Waals surface area contributed by atoms with Gasteiger partial charge in [-0.05, 0) is 24.1 Å². The number of aromatic nitrogens is 1. The molecule has 1 aliphatic heterocycles. The van der Waals surface area contributed by atoms with Crippen LogP contribution in [0.15, 0.2) is 65.2 Å². The Morgan fingerprint density at radius 3 is 2.79 bits per heavy atom. The largest absolute Gasteiger partial charge is 0.441 e.